The minimum atomic E-state index is -0.993. The zero-order valence-corrected chi connectivity index (χ0v) is 23.6. The largest absolute Gasteiger partial charge is 0.491 e. The second-order valence-electron chi connectivity index (χ2n) is 10.9. The Balaban J connectivity index is 1.79. The highest BCUT2D eigenvalue weighted by Crippen LogP contribution is 2.35. The Morgan fingerprint density at radius 2 is 1.74 bits per heavy atom. The van der Waals surface area contributed by atoms with Crippen molar-refractivity contribution in [1.29, 1.82) is 0 Å². The van der Waals surface area contributed by atoms with Gasteiger partial charge >= 0.3 is 5.97 Å². The van der Waals surface area contributed by atoms with Gasteiger partial charge in [-0.2, -0.15) is 0 Å². The van der Waals surface area contributed by atoms with Crippen molar-refractivity contribution in [2.24, 2.45) is 0 Å². The fourth-order valence-electron chi connectivity index (χ4n) is 5.12. The van der Waals surface area contributed by atoms with Crippen molar-refractivity contribution in [2.75, 3.05) is 31.8 Å². The Morgan fingerprint density at radius 1 is 1.08 bits per heavy atom. The van der Waals surface area contributed by atoms with Gasteiger partial charge in [0, 0.05) is 31.4 Å². The van der Waals surface area contributed by atoms with Crippen LogP contribution in [0.4, 0.5) is 5.69 Å². The molecule has 1 atom stereocenters. The summed E-state index contributed by atoms with van der Waals surface area (Å²) in [6.45, 7) is 11.5. The second-order valence-corrected chi connectivity index (χ2v) is 10.9. The molecule has 0 aromatic heterocycles. The van der Waals surface area contributed by atoms with Crippen molar-refractivity contribution in [1.82, 2.24) is 5.32 Å². The van der Waals surface area contributed by atoms with Crippen LogP contribution in [0.1, 0.15) is 69.3 Å². The lowest BCUT2D eigenvalue weighted by molar-refractivity contribution is -0.186. The maximum atomic E-state index is 12.2. The number of carboxylic acids is 1. The van der Waals surface area contributed by atoms with Crippen LogP contribution in [-0.2, 0) is 9.47 Å². The molecule has 0 amide bonds. The van der Waals surface area contributed by atoms with Crippen molar-refractivity contribution in [3.8, 4) is 16.9 Å². The zero-order valence-electron chi connectivity index (χ0n) is 23.6. The van der Waals surface area contributed by atoms with Crippen LogP contribution in [0.25, 0.3) is 11.1 Å². The van der Waals surface area contributed by atoms with Crippen LogP contribution in [-0.4, -0.2) is 67.1 Å². The molecule has 1 unspecified atom stereocenters. The third kappa shape index (κ3) is 8.17. The predicted molar refractivity (Wildman–Crippen MR) is 150 cm³/mol. The van der Waals surface area contributed by atoms with E-state index in [0.29, 0.717) is 18.8 Å². The summed E-state index contributed by atoms with van der Waals surface area (Å²) < 4.78 is 16.3. The molecule has 38 heavy (non-hydrogen) atoms. The number of carboxylic acid groups (broad SMARTS) is 1. The van der Waals surface area contributed by atoms with Crippen LogP contribution in [0, 0.1) is 6.92 Å². The molecule has 8 nitrogen and oxygen atoms in total. The van der Waals surface area contributed by atoms with E-state index in [1.807, 2.05) is 52.0 Å². The number of hydrogen-bond acceptors (Lipinski definition) is 7. The predicted octanol–water partition coefficient (Wildman–Crippen LogP) is 5.20. The first-order valence-corrected chi connectivity index (χ1v) is 13.5. The number of aliphatic hydroxyl groups is 1. The van der Waals surface area contributed by atoms with Crippen LogP contribution in [0.5, 0.6) is 5.75 Å². The number of benzene rings is 2. The van der Waals surface area contributed by atoms with Gasteiger partial charge in [0.05, 0.1) is 17.8 Å². The van der Waals surface area contributed by atoms with E-state index in [1.54, 1.807) is 13.2 Å². The lowest BCUT2D eigenvalue weighted by Gasteiger charge is -2.40. The number of methoxy groups -OCH3 is 1. The molecule has 3 rings (SSSR count). The summed E-state index contributed by atoms with van der Waals surface area (Å²) in [6, 6.07) is 12.0. The maximum Gasteiger partial charge on any atom is 0.336 e. The van der Waals surface area contributed by atoms with Crippen molar-refractivity contribution in [3.63, 3.8) is 0 Å². The van der Waals surface area contributed by atoms with Gasteiger partial charge in [0.1, 0.15) is 12.4 Å². The summed E-state index contributed by atoms with van der Waals surface area (Å²) in [6.07, 6.45) is 2.69. The minimum absolute atomic E-state index is 0.175. The summed E-state index contributed by atoms with van der Waals surface area (Å²) >= 11 is 0. The zero-order chi connectivity index (χ0) is 27.9. The summed E-state index contributed by atoms with van der Waals surface area (Å²) in [7, 11) is 1.64. The Morgan fingerprint density at radius 3 is 2.29 bits per heavy atom. The number of anilines is 1. The van der Waals surface area contributed by atoms with E-state index in [9.17, 15) is 15.0 Å². The van der Waals surface area contributed by atoms with E-state index in [1.165, 1.54) is 0 Å². The van der Waals surface area contributed by atoms with Gasteiger partial charge in [-0.05, 0) is 101 Å². The highest BCUT2D eigenvalue weighted by Gasteiger charge is 2.29. The number of carbonyl (C=O) groups is 1. The Labute approximate surface area is 226 Å². The Kier molecular flexibility index (Phi) is 10.6. The molecule has 1 aliphatic rings. The van der Waals surface area contributed by atoms with E-state index in [4.69, 9.17) is 14.2 Å². The van der Waals surface area contributed by atoms with E-state index < -0.39 is 18.0 Å². The van der Waals surface area contributed by atoms with Crippen LogP contribution in [0.3, 0.4) is 0 Å². The molecule has 2 aromatic carbocycles. The first-order chi connectivity index (χ1) is 18.0. The maximum absolute atomic E-state index is 12.2. The molecule has 2 aromatic rings. The standard InChI is InChI=1S/C30H44N2O6/c1-7-32(24-12-10-23(11-13-24)31-29(35)38-30(3,4)5)27-19-22(18-26(20(27)2)28(33)34)21-8-14-25(15-9-21)37-17-16-36-6/h8-9,14-15,18-19,23-24,29,31,35H,7,10-13,16-17H2,1-6H3,(H,33,34). The molecule has 8 heteroatoms. The van der Waals surface area contributed by atoms with E-state index in [-0.39, 0.29) is 12.1 Å². The van der Waals surface area contributed by atoms with Crippen molar-refractivity contribution in [2.45, 2.75) is 84.4 Å². The van der Waals surface area contributed by atoms with Crippen molar-refractivity contribution >= 4 is 11.7 Å². The van der Waals surface area contributed by atoms with Crippen LogP contribution in [0.2, 0.25) is 0 Å². The first-order valence-electron chi connectivity index (χ1n) is 13.5. The summed E-state index contributed by atoms with van der Waals surface area (Å²) in [5.74, 6) is -0.183. The molecule has 0 saturated heterocycles. The lowest BCUT2D eigenvalue weighted by Crippen LogP contribution is -2.47. The highest BCUT2D eigenvalue weighted by molar-refractivity contribution is 5.94. The number of hydrogen-bond donors (Lipinski definition) is 3. The molecule has 0 spiro atoms. The van der Waals surface area contributed by atoms with Crippen molar-refractivity contribution < 1.29 is 29.2 Å². The van der Waals surface area contributed by atoms with E-state index in [0.717, 1.165) is 60.4 Å². The topological polar surface area (TPSA) is 100 Å². The Hall–Kier alpha value is -2.65. The molecule has 1 aliphatic carbocycles. The van der Waals surface area contributed by atoms with Gasteiger partial charge in [0.15, 0.2) is 0 Å². The third-order valence-corrected chi connectivity index (χ3v) is 6.99. The Bertz CT molecular complexity index is 1040. The van der Waals surface area contributed by atoms with Gasteiger partial charge in [-0.25, -0.2) is 4.79 Å². The number of nitrogens with zero attached hydrogens (tertiary/aromatic N) is 1. The van der Waals surface area contributed by atoms with Gasteiger partial charge in [-0.1, -0.05) is 12.1 Å². The second kappa shape index (κ2) is 13.4. The van der Waals surface area contributed by atoms with Gasteiger partial charge in [-0.15, -0.1) is 0 Å². The van der Waals surface area contributed by atoms with Gasteiger partial charge < -0.3 is 29.3 Å². The van der Waals surface area contributed by atoms with Crippen LogP contribution in [0.15, 0.2) is 36.4 Å². The molecule has 1 fully saturated rings. The number of nitrogens with one attached hydrogen (secondary N) is 1. The van der Waals surface area contributed by atoms with Crippen LogP contribution < -0.4 is 15.0 Å². The average Bonchev–Trinajstić information content (AvgIpc) is 2.85. The molecule has 3 N–H and O–H groups in total. The molecule has 0 radical (unpaired) electrons. The SMILES string of the molecule is CCN(c1cc(-c2ccc(OCCOC)cc2)cc(C(=O)O)c1C)C1CCC(NC(O)OC(C)(C)C)CC1. The first kappa shape index (κ1) is 29.9. The molecule has 210 valence electrons. The number of aliphatic hydroxyl groups excluding tert-OH is 1. The number of rotatable bonds is 12. The molecule has 0 heterocycles. The molecule has 1 saturated carbocycles. The van der Waals surface area contributed by atoms with E-state index >= 15 is 0 Å². The monoisotopic (exact) mass is 528 g/mol. The summed E-state index contributed by atoms with van der Waals surface area (Å²) in [5.41, 5.74) is 3.42. The quantitative estimate of drug-likeness (QED) is 0.255. The fraction of sp³-hybridized carbons (Fsp3) is 0.567. The third-order valence-electron chi connectivity index (χ3n) is 6.99. The lowest BCUT2D eigenvalue weighted by atomic mass is 9.89. The summed E-state index contributed by atoms with van der Waals surface area (Å²) in [4.78, 5) is 14.5. The van der Waals surface area contributed by atoms with E-state index in [2.05, 4.69) is 23.2 Å². The molecule has 0 aliphatic heterocycles. The number of ether oxygens (including phenoxy) is 3. The molecular formula is C30H44N2O6. The van der Waals surface area contributed by atoms with Gasteiger partial charge in [-0.3, -0.25) is 5.32 Å². The normalized spacial score (nSPS) is 18.7. The van der Waals surface area contributed by atoms with Crippen LogP contribution >= 0.6 is 0 Å². The molecular weight excluding hydrogens is 484 g/mol. The minimum Gasteiger partial charge on any atom is -0.491 e. The van der Waals surface area contributed by atoms with Gasteiger partial charge in [0.25, 0.3) is 0 Å². The highest BCUT2D eigenvalue weighted by atomic mass is 16.6. The smallest absolute Gasteiger partial charge is 0.336 e. The fourth-order valence-corrected chi connectivity index (χ4v) is 5.12. The molecule has 0 bridgehead atoms. The summed E-state index contributed by atoms with van der Waals surface area (Å²) in [5, 5.41) is 23.4. The number of aromatic carboxylic acids is 1. The van der Waals surface area contributed by atoms with Crippen molar-refractivity contribution in [3.05, 3.63) is 47.5 Å². The average molecular weight is 529 g/mol. The van der Waals surface area contributed by atoms with Gasteiger partial charge in [0.2, 0.25) is 6.41 Å².